The molecule has 6 heteroatoms. The topological polar surface area (TPSA) is 55.3 Å². The van der Waals surface area contributed by atoms with E-state index < -0.39 is 0 Å². The summed E-state index contributed by atoms with van der Waals surface area (Å²) in [6.07, 6.45) is 6.86. The Morgan fingerprint density at radius 1 is 1.62 bits per heavy atom. The Bertz CT molecular complexity index is 410. The first-order valence-electron chi connectivity index (χ1n) is 5.26. The number of hydrogen-bond donors (Lipinski definition) is 2. The number of fused-ring (bicyclic) bond motifs is 1. The quantitative estimate of drug-likeness (QED) is 0.472. The van der Waals surface area contributed by atoms with Gasteiger partial charge in [0.15, 0.2) is 4.96 Å². The minimum atomic E-state index is 0.253. The molecule has 1 atom stereocenters. The molecule has 4 nitrogen and oxygen atoms in total. The second-order valence-electron chi connectivity index (χ2n) is 3.72. The van der Waals surface area contributed by atoms with Crippen LogP contribution in [0.25, 0.3) is 4.96 Å². The van der Waals surface area contributed by atoms with Crippen molar-refractivity contribution in [1.82, 2.24) is 14.8 Å². The molecule has 2 heterocycles. The van der Waals surface area contributed by atoms with Crippen molar-refractivity contribution in [2.75, 3.05) is 5.88 Å². The van der Waals surface area contributed by atoms with Crippen molar-refractivity contribution in [1.29, 1.82) is 0 Å². The fourth-order valence-electron chi connectivity index (χ4n) is 1.69. The molecule has 0 saturated carbocycles. The molecule has 0 radical (unpaired) electrons. The van der Waals surface area contributed by atoms with Crippen LogP contribution < -0.4 is 11.3 Å². The number of rotatable bonds is 6. The van der Waals surface area contributed by atoms with Crippen LogP contribution >= 0.6 is 22.9 Å². The highest BCUT2D eigenvalue weighted by Gasteiger charge is 2.10. The van der Waals surface area contributed by atoms with Gasteiger partial charge in [-0.2, -0.15) is 0 Å². The number of aromatic nitrogens is 2. The van der Waals surface area contributed by atoms with Gasteiger partial charge >= 0.3 is 0 Å². The van der Waals surface area contributed by atoms with Crippen molar-refractivity contribution in [3.8, 4) is 0 Å². The zero-order valence-electron chi connectivity index (χ0n) is 8.90. The average Bonchev–Trinajstić information content (AvgIpc) is 2.84. The van der Waals surface area contributed by atoms with E-state index in [2.05, 4.69) is 16.6 Å². The summed E-state index contributed by atoms with van der Waals surface area (Å²) in [4.78, 5) is 5.55. The molecule has 3 N–H and O–H groups in total. The van der Waals surface area contributed by atoms with Gasteiger partial charge in [0.2, 0.25) is 0 Å². The molecule has 16 heavy (non-hydrogen) atoms. The Labute approximate surface area is 103 Å². The normalized spacial score (nSPS) is 13.4. The van der Waals surface area contributed by atoms with E-state index in [1.165, 1.54) is 0 Å². The molecular weight excluding hydrogens is 244 g/mol. The summed E-state index contributed by atoms with van der Waals surface area (Å²) in [5.41, 5.74) is 3.89. The monoisotopic (exact) mass is 258 g/mol. The largest absolute Gasteiger partial charge is 0.297 e. The fourth-order valence-corrected chi connectivity index (χ4v) is 2.57. The summed E-state index contributed by atoms with van der Waals surface area (Å²) >= 11 is 7.31. The van der Waals surface area contributed by atoms with Gasteiger partial charge in [0.1, 0.15) is 0 Å². The number of alkyl halides is 1. The highest BCUT2D eigenvalue weighted by Crippen LogP contribution is 2.13. The van der Waals surface area contributed by atoms with E-state index in [9.17, 15) is 0 Å². The van der Waals surface area contributed by atoms with Gasteiger partial charge in [0.05, 0.1) is 5.69 Å². The fraction of sp³-hybridized carbons (Fsp3) is 0.500. The van der Waals surface area contributed by atoms with Crippen LogP contribution in [0.2, 0.25) is 0 Å². The average molecular weight is 259 g/mol. The molecule has 0 aliphatic rings. The molecule has 0 aliphatic carbocycles. The lowest BCUT2D eigenvalue weighted by molar-refractivity contribution is 0.484. The maximum atomic E-state index is 5.67. The lowest BCUT2D eigenvalue weighted by atomic mass is 10.1. The van der Waals surface area contributed by atoms with Gasteiger partial charge in [0, 0.05) is 36.1 Å². The molecule has 0 spiro atoms. The summed E-state index contributed by atoms with van der Waals surface area (Å²) in [5, 5.41) is 2.03. The molecule has 2 aromatic heterocycles. The van der Waals surface area contributed by atoms with Crippen LogP contribution in [0.3, 0.4) is 0 Å². The Hall–Kier alpha value is -0.620. The third kappa shape index (κ3) is 2.74. The molecular formula is C10H15ClN4S. The standard InChI is InChI=1S/C10H15ClN4S/c11-3-1-2-8(14-12)6-9-7-15-4-5-16-10(15)13-9/h4-5,7-8,14H,1-3,6,12H2. The summed E-state index contributed by atoms with van der Waals surface area (Å²) in [6, 6.07) is 0.253. The number of nitrogens with zero attached hydrogens (tertiary/aromatic N) is 2. The Morgan fingerprint density at radius 3 is 3.19 bits per heavy atom. The SMILES string of the molecule is NNC(CCCCl)Cc1cn2ccsc2n1. The first-order valence-corrected chi connectivity index (χ1v) is 6.68. The molecule has 0 saturated heterocycles. The molecule has 0 amide bonds. The number of halogens is 1. The van der Waals surface area contributed by atoms with Crippen molar-refractivity contribution < 1.29 is 0 Å². The van der Waals surface area contributed by atoms with Gasteiger partial charge in [-0.1, -0.05) is 0 Å². The van der Waals surface area contributed by atoms with E-state index in [0.29, 0.717) is 5.88 Å². The van der Waals surface area contributed by atoms with Crippen LogP contribution in [-0.2, 0) is 6.42 Å². The lowest BCUT2D eigenvalue weighted by Crippen LogP contribution is -2.36. The third-order valence-electron chi connectivity index (χ3n) is 2.52. The van der Waals surface area contributed by atoms with Crippen LogP contribution in [0.15, 0.2) is 17.8 Å². The minimum Gasteiger partial charge on any atom is -0.297 e. The summed E-state index contributed by atoms with van der Waals surface area (Å²) in [6.45, 7) is 0. The van der Waals surface area contributed by atoms with Gasteiger partial charge in [-0.25, -0.2) is 4.98 Å². The lowest BCUT2D eigenvalue weighted by Gasteiger charge is -2.13. The molecule has 88 valence electrons. The molecule has 0 aromatic carbocycles. The Kier molecular flexibility index (Phi) is 4.17. The summed E-state index contributed by atoms with van der Waals surface area (Å²) in [7, 11) is 0. The summed E-state index contributed by atoms with van der Waals surface area (Å²) < 4.78 is 2.04. The number of thiazole rings is 1. The Balaban J connectivity index is 1.99. The second kappa shape index (κ2) is 5.63. The number of nitrogens with two attached hydrogens (primary N) is 1. The van der Waals surface area contributed by atoms with Crippen LogP contribution in [-0.4, -0.2) is 21.3 Å². The molecule has 2 aromatic rings. The predicted molar refractivity (Wildman–Crippen MR) is 67.8 cm³/mol. The van der Waals surface area contributed by atoms with E-state index in [1.54, 1.807) is 11.3 Å². The van der Waals surface area contributed by atoms with E-state index in [-0.39, 0.29) is 6.04 Å². The van der Waals surface area contributed by atoms with E-state index >= 15 is 0 Å². The van der Waals surface area contributed by atoms with E-state index in [0.717, 1.165) is 29.9 Å². The molecule has 0 aliphatic heterocycles. The molecule has 2 rings (SSSR count). The van der Waals surface area contributed by atoms with E-state index in [4.69, 9.17) is 17.4 Å². The van der Waals surface area contributed by atoms with Gasteiger partial charge in [-0.15, -0.1) is 22.9 Å². The van der Waals surface area contributed by atoms with Gasteiger partial charge in [0.25, 0.3) is 0 Å². The maximum absolute atomic E-state index is 5.67. The first kappa shape index (κ1) is 11.9. The van der Waals surface area contributed by atoms with Crippen LogP contribution in [0.5, 0.6) is 0 Å². The van der Waals surface area contributed by atoms with Crippen molar-refractivity contribution in [2.24, 2.45) is 5.84 Å². The molecule has 0 bridgehead atoms. The van der Waals surface area contributed by atoms with Crippen molar-refractivity contribution in [3.63, 3.8) is 0 Å². The van der Waals surface area contributed by atoms with Crippen LogP contribution in [0.4, 0.5) is 0 Å². The number of imidazole rings is 1. The second-order valence-corrected chi connectivity index (χ2v) is 4.97. The smallest absolute Gasteiger partial charge is 0.193 e. The van der Waals surface area contributed by atoms with Crippen LogP contribution in [0.1, 0.15) is 18.5 Å². The first-order chi connectivity index (χ1) is 7.83. The van der Waals surface area contributed by atoms with E-state index in [1.807, 2.05) is 16.0 Å². The molecule has 0 fully saturated rings. The van der Waals surface area contributed by atoms with Gasteiger partial charge in [-0.3, -0.25) is 15.7 Å². The van der Waals surface area contributed by atoms with Crippen LogP contribution in [0, 0.1) is 0 Å². The molecule has 1 unspecified atom stereocenters. The number of hydrogen-bond acceptors (Lipinski definition) is 4. The van der Waals surface area contributed by atoms with Crippen molar-refractivity contribution >= 4 is 27.9 Å². The summed E-state index contributed by atoms with van der Waals surface area (Å²) in [5.74, 6) is 6.18. The highest BCUT2D eigenvalue weighted by molar-refractivity contribution is 7.15. The highest BCUT2D eigenvalue weighted by atomic mass is 35.5. The van der Waals surface area contributed by atoms with Crippen molar-refractivity contribution in [2.45, 2.75) is 25.3 Å². The predicted octanol–water partition coefficient (Wildman–Crippen LogP) is 1.79. The minimum absolute atomic E-state index is 0.253. The van der Waals surface area contributed by atoms with Gasteiger partial charge in [-0.05, 0) is 12.8 Å². The zero-order valence-corrected chi connectivity index (χ0v) is 10.5. The third-order valence-corrected chi connectivity index (χ3v) is 3.56. The maximum Gasteiger partial charge on any atom is 0.193 e. The van der Waals surface area contributed by atoms with Gasteiger partial charge < -0.3 is 0 Å². The number of hydrazine groups is 1. The van der Waals surface area contributed by atoms with Crippen molar-refractivity contribution in [3.05, 3.63) is 23.5 Å². The Morgan fingerprint density at radius 2 is 2.50 bits per heavy atom. The number of nitrogens with one attached hydrogen (secondary N) is 1. The zero-order chi connectivity index (χ0) is 11.4.